The Morgan fingerprint density at radius 3 is 2.31 bits per heavy atom. The summed E-state index contributed by atoms with van der Waals surface area (Å²) < 4.78 is 10.5. The maximum absolute atomic E-state index is 11.9. The molecule has 0 aliphatic rings. The van der Waals surface area contributed by atoms with Crippen molar-refractivity contribution in [3.05, 3.63) is 65.7 Å². The minimum Gasteiger partial charge on any atom is -0.489 e. The number of hydrogen-bond donors (Lipinski definition) is 2. The highest BCUT2D eigenvalue weighted by Crippen LogP contribution is 2.15. The second-order valence-corrected chi connectivity index (χ2v) is 5.28. The quantitative estimate of drug-likeness (QED) is 0.742. The third kappa shape index (κ3) is 6.27. The molecule has 0 bridgehead atoms. The highest BCUT2D eigenvalue weighted by molar-refractivity contribution is 5.97. The van der Waals surface area contributed by atoms with Gasteiger partial charge in [0.1, 0.15) is 12.4 Å². The Bertz CT molecular complexity index is 744. The van der Waals surface area contributed by atoms with Crippen molar-refractivity contribution in [2.75, 3.05) is 13.2 Å². The standard InChI is InChI=1S/C19H20N2O5/c1-2-20-19(24)21-17(22)13-26-18(23)15-8-10-16(11-9-15)25-12-14-6-4-3-5-7-14/h3-11H,2,12-13H2,1H3,(H2,20,21,22,24). The van der Waals surface area contributed by atoms with Crippen LogP contribution in [0.25, 0.3) is 0 Å². The van der Waals surface area contributed by atoms with E-state index in [0.29, 0.717) is 18.9 Å². The monoisotopic (exact) mass is 356 g/mol. The van der Waals surface area contributed by atoms with Crippen LogP contribution in [-0.2, 0) is 16.1 Å². The molecule has 7 heteroatoms. The highest BCUT2D eigenvalue weighted by Gasteiger charge is 2.12. The van der Waals surface area contributed by atoms with Crippen LogP contribution in [-0.4, -0.2) is 31.1 Å². The SMILES string of the molecule is CCNC(=O)NC(=O)COC(=O)c1ccc(OCc2ccccc2)cc1. The molecule has 0 aromatic heterocycles. The molecule has 0 aliphatic carbocycles. The summed E-state index contributed by atoms with van der Waals surface area (Å²) in [6, 6.07) is 15.5. The summed E-state index contributed by atoms with van der Waals surface area (Å²) in [5.74, 6) is -0.753. The molecule has 7 nitrogen and oxygen atoms in total. The van der Waals surface area contributed by atoms with E-state index in [9.17, 15) is 14.4 Å². The molecule has 0 spiro atoms. The maximum atomic E-state index is 11.9. The van der Waals surface area contributed by atoms with Gasteiger partial charge in [-0.3, -0.25) is 10.1 Å². The second kappa shape index (κ2) is 9.83. The van der Waals surface area contributed by atoms with Crippen molar-refractivity contribution >= 4 is 17.9 Å². The lowest BCUT2D eigenvalue weighted by molar-refractivity contribution is -0.123. The van der Waals surface area contributed by atoms with Crippen molar-refractivity contribution in [3.63, 3.8) is 0 Å². The Hall–Kier alpha value is -3.35. The second-order valence-electron chi connectivity index (χ2n) is 5.28. The molecule has 2 aromatic rings. The third-order valence-electron chi connectivity index (χ3n) is 3.26. The average Bonchev–Trinajstić information content (AvgIpc) is 2.66. The van der Waals surface area contributed by atoms with Crippen molar-refractivity contribution in [2.45, 2.75) is 13.5 Å². The first-order chi connectivity index (χ1) is 12.6. The summed E-state index contributed by atoms with van der Waals surface area (Å²) in [5.41, 5.74) is 1.32. The number of rotatable bonds is 7. The lowest BCUT2D eigenvalue weighted by Crippen LogP contribution is -2.41. The molecule has 2 aromatic carbocycles. The first-order valence-corrected chi connectivity index (χ1v) is 8.10. The summed E-state index contributed by atoms with van der Waals surface area (Å²) in [6.07, 6.45) is 0. The van der Waals surface area contributed by atoms with E-state index in [0.717, 1.165) is 5.56 Å². The largest absolute Gasteiger partial charge is 0.489 e. The van der Waals surface area contributed by atoms with Gasteiger partial charge in [-0.15, -0.1) is 0 Å². The third-order valence-corrected chi connectivity index (χ3v) is 3.26. The van der Waals surface area contributed by atoms with Gasteiger partial charge in [0.05, 0.1) is 5.56 Å². The lowest BCUT2D eigenvalue weighted by Gasteiger charge is -2.08. The van der Waals surface area contributed by atoms with Gasteiger partial charge in [0, 0.05) is 6.54 Å². The van der Waals surface area contributed by atoms with Crippen LogP contribution in [0.1, 0.15) is 22.8 Å². The molecule has 0 radical (unpaired) electrons. The minimum atomic E-state index is -0.702. The number of benzene rings is 2. The van der Waals surface area contributed by atoms with E-state index in [1.807, 2.05) is 35.6 Å². The van der Waals surface area contributed by atoms with E-state index >= 15 is 0 Å². The fourth-order valence-corrected chi connectivity index (χ4v) is 2.01. The molecule has 0 heterocycles. The van der Waals surface area contributed by atoms with Crippen molar-refractivity contribution in [1.82, 2.24) is 10.6 Å². The van der Waals surface area contributed by atoms with Crippen molar-refractivity contribution < 1.29 is 23.9 Å². The molecule has 2 rings (SSSR count). The maximum Gasteiger partial charge on any atom is 0.338 e. The Labute approximate surface area is 151 Å². The van der Waals surface area contributed by atoms with E-state index in [1.54, 1.807) is 31.2 Å². The summed E-state index contributed by atoms with van der Waals surface area (Å²) >= 11 is 0. The smallest absolute Gasteiger partial charge is 0.338 e. The number of carbonyl (C=O) groups excluding carboxylic acids is 3. The van der Waals surface area contributed by atoms with Crippen LogP contribution in [0.2, 0.25) is 0 Å². The molecule has 136 valence electrons. The zero-order valence-electron chi connectivity index (χ0n) is 14.4. The van der Waals surface area contributed by atoms with Gasteiger partial charge in [-0.25, -0.2) is 9.59 Å². The molecule has 0 atom stereocenters. The van der Waals surface area contributed by atoms with Gasteiger partial charge in [-0.05, 0) is 36.8 Å². The zero-order chi connectivity index (χ0) is 18.8. The summed E-state index contributed by atoms with van der Waals surface area (Å²) in [4.78, 5) is 34.5. The van der Waals surface area contributed by atoms with Gasteiger partial charge in [0.25, 0.3) is 5.91 Å². The average molecular weight is 356 g/mol. The number of hydrogen-bond acceptors (Lipinski definition) is 5. The van der Waals surface area contributed by atoms with Gasteiger partial charge in [-0.2, -0.15) is 0 Å². The fraction of sp³-hybridized carbons (Fsp3) is 0.211. The van der Waals surface area contributed by atoms with Crippen LogP contribution in [0.3, 0.4) is 0 Å². The Morgan fingerprint density at radius 1 is 0.962 bits per heavy atom. The first kappa shape index (κ1) is 19.0. The number of esters is 1. The Kier molecular flexibility index (Phi) is 7.17. The summed E-state index contributed by atoms with van der Waals surface area (Å²) in [5, 5.41) is 4.44. The summed E-state index contributed by atoms with van der Waals surface area (Å²) in [6.45, 7) is 1.99. The number of carbonyl (C=O) groups is 3. The van der Waals surface area contributed by atoms with Gasteiger partial charge >= 0.3 is 12.0 Å². The predicted molar refractivity (Wildman–Crippen MR) is 94.7 cm³/mol. The van der Waals surface area contributed by atoms with Crippen molar-refractivity contribution in [3.8, 4) is 5.75 Å². The number of urea groups is 1. The molecule has 0 saturated carbocycles. The zero-order valence-corrected chi connectivity index (χ0v) is 14.4. The molecular formula is C19H20N2O5. The van der Waals surface area contributed by atoms with Gasteiger partial charge in [0.15, 0.2) is 6.61 Å². The number of ether oxygens (including phenoxy) is 2. The number of imide groups is 1. The molecule has 0 aliphatic heterocycles. The van der Waals surface area contributed by atoms with Crippen molar-refractivity contribution in [2.24, 2.45) is 0 Å². The van der Waals surface area contributed by atoms with E-state index in [4.69, 9.17) is 9.47 Å². The van der Waals surface area contributed by atoms with Gasteiger partial charge in [0.2, 0.25) is 0 Å². The van der Waals surface area contributed by atoms with Crippen LogP contribution in [0.5, 0.6) is 5.75 Å². The molecule has 2 N–H and O–H groups in total. The molecule has 0 unspecified atom stereocenters. The van der Waals surface area contributed by atoms with Gasteiger partial charge in [-0.1, -0.05) is 30.3 Å². The van der Waals surface area contributed by atoms with E-state index in [2.05, 4.69) is 5.32 Å². The highest BCUT2D eigenvalue weighted by atomic mass is 16.5. The van der Waals surface area contributed by atoms with Crippen LogP contribution in [0.15, 0.2) is 54.6 Å². The van der Waals surface area contributed by atoms with Gasteiger partial charge < -0.3 is 14.8 Å². The molecule has 26 heavy (non-hydrogen) atoms. The Balaban J connectivity index is 1.79. The lowest BCUT2D eigenvalue weighted by atomic mass is 10.2. The number of amides is 3. The Morgan fingerprint density at radius 2 is 1.65 bits per heavy atom. The topological polar surface area (TPSA) is 93.7 Å². The van der Waals surface area contributed by atoms with Crippen LogP contribution >= 0.6 is 0 Å². The first-order valence-electron chi connectivity index (χ1n) is 8.10. The van der Waals surface area contributed by atoms with E-state index in [-0.39, 0.29) is 5.56 Å². The van der Waals surface area contributed by atoms with E-state index in [1.165, 1.54) is 0 Å². The molecule has 0 saturated heterocycles. The normalized spacial score (nSPS) is 9.88. The summed E-state index contributed by atoms with van der Waals surface area (Å²) in [7, 11) is 0. The molecule has 3 amide bonds. The molecule has 0 fully saturated rings. The van der Waals surface area contributed by atoms with Crippen LogP contribution in [0, 0.1) is 0 Å². The molecular weight excluding hydrogens is 336 g/mol. The fourth-order valence-electron chi connectivity index (χ4n) is 2.01. The van der Waals surface area contributed by atoms with Crippen LogP contribution < -0.4 is 15.4 Å². The predicted octanol–water partition coefficient (Wildman–Crippen LogP) is 2.27. The number of nitrogens with one attached hydrogen (secondary N) is 2. The van der Waals surface area contributed by atoms with Crippen molar-refractivity contribution in [1.29, 1.82) is 0 Å². The van der Waals surface area contributed by atoms with E-state index < -0.39 is 24.5 Å². The minimum absolute atomic E-state index is 0.280. The van der Waals surface area contributed by atoms with Crippen LogP contribution in [0.4, 0.5) is 4.79 Å².